The molecule has 4 atom stereocenters. The van der Waals surface area contributed by atoms with Crippen LogP contribution in [0.2, 0.25) is 0 Å². The van der Waals surface area contributed by atoms with Crippen LogP contribution in [0.25, 0.3) is 0 Å². The third kappa shape index (κ3) is 2.88. The Bertz CT molecular complexity index is 240. The molecule has 0 nitrogen and oxygen atoms in total. The van der Waals surface area contributed by atoms with Gasteiger partial charge in [0.05, 0.1) is 0 Å². The van der Waals surface area contributed by atoms with Crippen molar-refractivity contribution in [2.45, 2.75) is 79.1 Å². The summed E-state index contributed by atoms with van der Waals surface area (Å²) in [5.74, 6) is 4.34. The molecule has 2 aliphatic rings. The third-order valence-corrected chi connectivity index (χ3v) is 5.52. The Balaban J connectivity index is 1.99. The van der Waals surface area contributed by atoms with Gasteiger partial charge in [0.25, 0.3) is 0 Å². The zero-order valence-electron chi connectivity index (χ0n) is 12.5. The van der Waals surface area contributed by atoms with Crippen LogP contribution >= 0.6 is 0 Å². The van der Waals surface area contributed by atoms with Gasteiger partial charge in [-0.05, 0) is 48.3 Å². The topological polar surface area (TPSA) is 0 Å². The summed E-state index contributed by atoms with van der Waals surface area (Å²) in [6, 6.07) is 0. The van der Waals surface area contributed by atoms with Gasteiger partial charge in [0.1, 0.15) is 0 Å². The summed E-state index contributed by atoms with van der Waals surface area (Å²) in [4.78, 5) is 0. The van der Waals surface area contributed by atoms with Crippen molar-refractivity contribution in [3.05, 3.63) is 0 Å². The van der Waals surface area contributed by atoms with Crippen molar-refractivity contribution in [3.8, 4) is 0 Å². The summed E-state index contributed by atoms with van der Waals surface area (Å²) in [6.45, 7) is 9.71. The fourth-order valence-corrected chi connectivity index (χ4v) is 5.00. The fraction of sp³-hybridized carbons (Fsp3) is 1.00. The molecule has 100 valence electrons. The lowest BCUT2D eigenvalue weighted by atomic mass is 9.79. The zero-order chi connectivity index (χ0) is 12.5. The molecule has 0 aromatic carbocycles. The molecule has 0 heterocycles. The molecular weight excluding hydrogens is 204 g/mol. The van der Waals surface area contributed by atoms with Crippen LogP contribution in [-0.4, -0.2) is 0 Å². The van der Waals surface area contributed by atoms with Gasteiger partial charge in [-0.2, -0.15) is 0 Å². The van der Waals surface area contributed by atoms with Crippen molar-refractivity contribution in [1.82, 2.24) is 0 Å². The van der Waals surface area contributed by atoms with Crippen molar-refractivity contribution in [1.29, 1.82) is 0 Å². The Morgan fingerprint density at radius 2 is 1.76 bits per heavy atom. The van der Waals surface area contributed by atoms with E-state index >= 15 is 0 Å². The minimum absolute atomic E-state index is 0.650. The third-order valence-electron chi connectivity index (χ3n) is 5.52. The molecule has 0 radical (unpaired) electrons. The van der Waals surface area contributed by atoms with Crippen LogP contribution < -0.4 is 0 Å². The van der Waals surface area contributed by atoms with Gasteiger partial charge in [-0.15, -0.1) is 0 Å². The Hall–Kier alpha value is 0. The van der Waals surface area contributed by atoms with Gasteiger partial charge in [-0.25, -0.2) is 0 Å². The Labute approximate surface area is 109 Å². The van der Waals surface area contributed by atoms with E-state index in [1.165, 1.54) is 44.9 Å². The molecule has 17 heavy (non-hydrogen) atoms. The predicted octanol–water partition coefficient (Wildman–Crippen LogP) is 5.67. The van der Waals surface area contributed by atoms with Crippen molar-refractivity contribution >= 4 is 0 Å². The summed E-state index contributed by atoms with van der Waals surface area (Å²) in [5, 5.41) is 0. The second-order valence-electron chi connectivity index (χ2n) is 7.59. The SMILES string of the molecule is CCCC[C@H]1CC2CC(C)(C)CC2[C@@H]1CCC. The molecule has 0 bridgehead atoms. The number of unbranched alkanes of at least 4 members (excludes halogenated alkanes) is 1. The molecule has 0 aromatic rings. The molecule has 2 rings (SSSR count). The minimum atomic E-state index is 0.650. The van der Waals surface area contributed by atoms with E-state index in [4.69, 9.17) is 0 Å². The lowest BCUT2D eigenvalue weighted by molar-refractivity contribution is 0.234. The highest BCUT2D eigenvalue weighted by Gasteiger charge is 2.49. The molecule has 0 heteroatoms. The van der Waals surface area contributed by atoms with E-state index in [2.05, 4.69) is 27.7 Å². The first-order chi connectivity index (χ1) is 8.07. The number of hydrogen-bond donors (Lipinski definition) is 0. The zero-order valence-corrected chi connectivity index (χ0v) is 12.5. The lowest BCUT2D eigenvalue weighted by Gasteiger charge is -2.27. The quantitative estimate of drug-likeness (QED) is 0.577. The first kappa shape index (κ1) is 13.4. The van der Waals surface area contributed by atoms with Crippen LogP contribution in [0.1, 0.15) is 79.1 Å². The van der Waals surface area contributed by atoms with E-state index in [0.717, 1.165) is 23.7 Å². The second kappa shape index (κ2) is 5.33. The van der Waals surface area contributed by atoms with E-state index in [9.17, 15) is 0 Å². The van der Waals surface area contributed by atoms with Crippen LogP contribution in [0.3, 0.4) is 0 Å². The molecule has 2 saturated carbocycles. The van der Waals surface area contributed by atoms with Crippen LogP contribution in [0.15, 0.2) is 0 Å². The van der Waals surface area contributed by atoms with Gasteiger partial charge >= 0.3 is 0 Å². The Morgan fingerprint density at radius 1 is 1.00 bits per heavy atom. The van der Waals surface area contributed by atoms with E-state index in [0.29, 0.717) is 5.41 Å². The summed E-state index contributed by atoms with van der Waals surface area (Å²) in [6.07, 6.45) is 11.9. The highest BCUT2D eigenvalue weighted by Crippen LogP contribution is 2.58. The smallest absolute Gasteiger partial charge is 0.0349 e. The first-order valence-electron chi connectivity index (χ1n) is 8.07. The average Bonchev–Trinajstić information content (AvgIpc) is 2.70. The van der Waals surface area contributed by atoms with Crippen LogP contribution in [0.4, 0.5) is 0 Å². The lowest BCUT2D eigenvalue weighted by Crippen LogP contribution is -2.17. The van der Waals surface area contributed by atoms with Crippen LogP contribution in [0, 0.1) is 29.1 Å². The van der Waals surface area contributed by atoms with Gasteiger partial charge in [-0.1, -0.05) is 59.8 Å². The number of fused-ring (bicyclic) bond motifs is 1. The van der Waals surface area contributed by atoms with E-state index < -0.39 is 0 Å². The average molecular weight is 236 g/mol. The molecule has 0 spiro atoms. The molecule has 0 aromatic heterocycles. The molecule has 0 aliphatic heterocycles. The first-order valence-corrected chi connectivity index (χ1v) is 8.07. The molecular formula is C17H32. The molecule has 2 unspecified atom stereocenters. The monoisotopic (exact) mass is 236 g/mol. The number of rotatable bonds is 5. The highest BCUT2D eigenvalue weighted by molar-refractivity contribution is 4.99. The van der Waals surface area contributed by atoms with Gasteiger partial charge in [0, 0.05) is 0 Å². The summed E-state index contributed by atoms with van der Waals surface area (Å²) < 4.78 is 0. The predicted molar refractivity (Wildman–Crippen MR) is 76.0 cm³/mol. The van der Waals surface area contributed by atoms with E-state index in [-0.39, 0.29) is 0 Å². The summed E-state index contributed by atoms with van der Waals surface area (Å²) in [5.41, 5.74) is 0.650. The molecule has 0 saturated heterocycles. The molecule has 0 amide bonds. The van der Waals surface area contributed by atoms with Crippen molar-refractivity contribution < 1.29 is 0 Å². The van der Waals surface area contributed by atoms with E-state index in [1.54, 1.807) is 6.42 Å². The molecule has 0 N–H and O–H groups in total. The second-order valence-corrected chi connectivity index (χ2v) is 7.59. The highest BCUT2D eigenvalue weighted by atomic mass is 14.5. The Kier molecular flexibility index (Phi) is 4.21. The largest absolute Gasteiger partial charge is 0.0654 e. The Morgan fingerprint density at radius 3 is 2.41 bits per heavy atom. The maximum Gasteiger partial charge on any atom is -0.0349 e. The van der Waals surface area contributed by atoms with Crippen molar-refractivity contribution in [2.24, 2.45) is 29.1 Å². The van der Waals surface area contributed by atoms with Gasteiger partial charge in [0.2, 0.25) is 0 Å². The van der Waals surface area contributed by atoms with Crippen molar-refractivity contribution in [2.75, 3.05) is 0 Å². The fourth-order valence-electron chi connectivity index (χ4n) is 5.00. The van der Waals surface area contributed by atoms with E-state index in [1.807, 2.05) is 0 Å². The van der Waals surface area contributed by atoms with Gasteiger partial charge in [0.15, 0.2) is 0 Å². The minimum Gasteiger partial charge on any atom is -0.0654 e. The number of hydrogen-bond acceptors (Lipinski definition) is 0. The van der Waals surface area contributed by atoms with Gasteiger partial charge in [-0.3, -0.25) is 0 Å². The maximum absolute atomic E-state index is 2.50. The van der Waals surface area contributed by atoms with Gasteiger partial charge < -0.3 is 0 Å². The van der Waals surface area contributed by atoms with Crippen molar-refractivity contribution in [3.63, 3.8) is 0 Å². The standard InChI is InChI=1S/C17H32/c1-5-7-9-13-10-14-11-17(3,4)12-16(14)15(13)8-6-2/h13-16H,5-12H2,1-4H3/t13-,14?,15+,16?/m0/s1. The summed E-state index contributed by atoms with van der Waals surface area (Å²) >= 11 is 0. The van der Waals surface area contributed by atoms with Crippen LogP contribution in [0.5, 0.6) is 0 Å². The normalized spacial score (nSPS) is 39.5. The van der Waals surface area contributed by atoms with Crippen LogP contribution in [-0.2, 0) is 0 Å². The maximum atomic E-state index is 2.50. The molecule has 2 fully saturated rings. The summed E-state index contributed by atoms with van der Waals surface area (Å²) in [7, 11) is 0. The molecule has 2 aliphatic carbocycles.